The first kappa shape index (κ1) is 17.8. The highest BCUT2D eigenvalue weighted by atomic mass is 32.1. The Balaban J connectivity index is 1.49. The molecule has 1 N–H and O–H groups in total. The third-order valence-electron chi connectivity index (χ3n) is 6.96. The van der Waals surface area contributed by atoms with E-state index in [0.717, 1.165) is 33.9 Å². The zero-order valence-electron chi connectivity index (χ0n) is 16.0. The normalized spacial score (nSPS) is 30.0. The number of rotatable bonds is 3. The molecule has 0 aliphatic heterocycles. The number of carboxylic acid groups (broad SMARTS) is 1. The first-order chi connectivity index (χ1) is 13.5. The molecule has 4 aliphatic carbocycles. The molecular weight excluding hydrogens is 368 g/mol. The smallest absolute Gasteiger partial charge is 0.345 e. The molecule has 1 heterocycles. The molecule has 4 aliphatic rings. The second-order valence-corrected chi connectivity index (χ2v) is 9.92. The number of hydrogen-bond acceptors (Lipinski definition) is 3. The molecule has 0 atom stereocenters. The molecule has 4 fully saturated rings. The molecule has 144 valence electrons. The Morgan fingerprint density at radius 3 is 2.32 bits per heavy atom. The number of benzene rings is 1. The van der Waals surface area contributed by atoms with Crippen molar-refractivity contribution < 1.29 is 14.6 Å². The summed E-state index contributed by atoms with van der Waals surface area (Å²) >= 11 is 1.22. The van der Waals surface area contributed by atoms with E-state index in [2.05, 4.69) is 24.0 Å². The third kappa shape index (κ3) is 3.02. The van der Waals surface area contributed by atoms with Gasteiger partial charge in [0.05, 0.1) is 12.0 Å². The van der Waals surface area contributed by atoms with E-state index in [0.29, 0.717) is 4.88 Å². The van der Waals surface area contributed by atoms with Crippen molar-refractivity contribution in [1.82, 2.24) is 0 Å². The van der Waals surface area contributed by atoms with Crippen LogP contribution in [0.25, 0.3) is 0 Å². The maximum Gasteiger partial charge on any atom is 0.345 e. The van der Waals surface area contributed by atoms with Gasteiger partial charge in [0.25, 0.3) is 0 Å². The van der Waals surface area contributed by atoms with Crippen molar-refractivity contribution in [2.75, 3.05) is 7.11 Å². The van der Waals surface area contributed by atoms with Crippen molar-refractivity contribution in [3.63, 3.8) is 0 Å². The van der Waals surface area contributed by atoms with Crippen molar-refractivity contribution in [3.8, 4) is 17.6 Å². The van der Waals surface area contributed by atoms with Gasteiger partial charge in [-0.2, -0.15) is 0 Å². The van der Waals surface area contributed by atoms with Gasteiger partial charge in [-0.3, -0.25) is 0 Å². The standard InChI is InChI=1S/C24H24O3S/c1-27-21-6-3-15(2-4-19-5-7-22(28-19)23(25)26)11-20(21)24-12-16-8-17(13-24)10-18(9-16)14-24/h3,5-7,11,16-18H,8-10,12-14H2,1H3,(H,25,26). The fourth-order valence-corrected chi connectivity index (χ4v) is 6.99. The summed E-state index contributed by atoms with van der Waals surface area (Å²) in [5.74, 6) is 9.13. The minimum Gasteiger partial charge on any atom is -0.496 e. The lowest BCUT2D eigenvalue weighted by molar-refractivity contribution is -0.00616. The molecule has 1 aromatic carbocycles. The Morgan fingerprint density at radius 1 is 1.07 bits per heavy atom. The molecule has 4 saturated carbocycles. The van der Waals surface area contributed by atoms with Crippen LogP contribution >= 0.6 is 11.3 Å². The largest absolute Gasteiger partial charge is 0.496 e. The first-order valence-corrected chi connectivity index (χ1v) is 10.9. The van der Waals surface area contributed by atoms with Gasteiger partial charge < -0.3 is 9.84 Å². The summed E-state index contributed by atoms with van der Waals surface area (Å²) in [6.45, 7) is 0. The van der Waals surface area contributed by atoms with Crippen LogP contribution in [0.2, 0.25) is 0 Å². The van der Waals surface area contributed by atoms with Gasteiger partial charge in [-0.05, 0) is 92.0 Å². The van der Waals surface area contributed by atoms with Gasteiger partial charge in [0, 0.05) is 11.1 Å². The molecular formula is C24H24O3S. The summed E-state index contributed by atoms with van der Waals surface area (Å²) < 4.78 is 5.77. The SMILES string of the molecule is COc1ccc(C#Cc2ccc(C(=O)O)s2)cc1C12CC3CC(CC(C3)C1)C2. The Kier molecular flexibility index (Phi) is 4.25. The van der Waals surface area contributed by atoms with Crippen LogP contribution in [0.4, 0.5) is 0 Å². The number of carboxylic acids is 1. The van der Waals surface area contributed by atoms with Crippen LogP contribution in [0, 0.1) is 29.6 Å². The average molecular weight is 393 g/mol. The minimum absolute atomic E-state index is 0.261. The van der Waals surface area contributed by atoms with Gasteiger partial charge in [-0.25, -0.2) is 4.79 Å². The van der Waals surface area contributed by atoms with E-state index in [1.807, 2.05) is 6.07 Å². The number of hydrogen-bond donors (Lipinski definition) is 1. The lowest BCUT2D eigenvalue weighted by Gasteiger charge is -2.57. The quantitative estimate of drug-likeness (QED) is 0.719. The lowest BCUT2D eigenvalue weighted by Crippen LogP contribution is -2.48. The molecule has 4 bridgehead atoms. The molecule has 28 heavy (non-hydrogen) atoms. The molecule has 3 nitrogen and oxygen atoms in total. The van der Waals surface area contributed by atoms with Gasteiger partial charge >= 0.3 is 5.97 Å². The predicted octanol–water partition coefficient (Wildman–Crippen LogP) is 5.32. The number of carbonyl (C=O) groups is 1. The Labute approximate surface area is 169 Å². The van der Waals surface area contributed by atoms with Crippen molar-refractivity contribution >= 4 is 17.3 Å². The van der Waals surface area contributed by atoms with Crippen molar-refractivity contribution in [1.29, 1.82) is 0 Å². The second-order valence-electron chi connectivity index (χ2n) is 8.83. The maximum atomic E-state index is 11.1. The van der Waals surface area contributed by atoms with Crippen LogP contribution in [0.15, 0.2) is 30.3 Å². The number of aromatic carboxylic acids is 1. The Bertz CT molecular complexity index is 955. The summed E-state index contributed by atoms with van der Waals surface area (Å²) in [7, 11) is 1.77. The highest BCUT2D eigenvalue weighted by Gasteiger charge is 2.52. The fraction of sp³-hybridized carbons (Fsp3) is 0.458. The average Bonchev–Trinajstić information content (AvgIpc) is 3.14. The number of methoxy groups -OCH3 is 1. The zero-order valence-corrected chi connectivity index (χ0v) is 16.8. The first-order valence-electron chi connectivity index (χ1n) is 10.1. The Morgan fingerprint density at radius 2 is 1.75 bits per heavy atom. The van der Waals surface area contributed by atoms with E-state index >= 15 is 0 Å². The lowest BCUT2D eigenvalue weighted by atomic mass is 9.48. The molecule has 0 radical (unpaired) electrons. The molecule has 4 heteroatoms. The summed E-state index contributed by atoms with van der Waals surface area (Å²) in [6.07, 6.45) is 8.14. The molecule has 0 unspecified atom stereocenters. The number of thiophene rings is 1. The van der Waals surface area contributed by atoms with Crippen LogP contribution in [0.5, 0.6) is 5.75 Å². The van der Waals surface area contributed by atoms with E-state index < -0.39 is 5.97 Å². The zero-order chi connectivity index (χ0) is 19.3. The fourth-order valence-electron chi connectivity index (χ4n) is 6.29. The van der Waals surface area contributed by atoms with Gasteiger partial charge in [0.15, 0.2) is 0 Å². The molecule has 0 spiro atoms. The van der Waals surface area contributed by atoms with Crippen molar-refractivity contribution in [2.45, 2.75) is 43.9 Å². The topological polar surface area (TPSA) is 46.5 Å². The van der Waals surface area contributed by atoms with Crippen LogP contribution in [-0.4, -0.2) is 18.2 Å². The third-order valence-corrected chi connectivity index (χ3v) is 7.94. The monoisotopic (exact) mass is 392 g/mol. The van der Waals surface area contributed by atoms with E-state index in [4.69, 9.17) is 9.84 Å². The van der Waals surface area contributed by atoms with Gasteiger partial charge in [0.2, 0.25) is 0 Å². The minimum atomic E-state index is -0.897. The van der Waals surface area contributed by atoms with Crippen molar-refractivity contribution in [3.05, 3.63) is 51.2 Å². The summed E-state index contributed by atoms with van der Waals surface area (Å²) in [5.41, 5.74) is 2.59. The summed E-state index contributed by atoms with van der Waals surface area (Å²) in [5, 5.41) is 9.08. The van der Waals surface area contributed by atoms with Gasteiger partial charge in [0.1, 0.15) is 10.6 Å². The predicted molar refractivity (Wildman–Crippen MR) is 110 cm³/mol. The summed E-state index contributed by atoms with van der Waals surface area (Å²) in [4.78, 5) is 12.2. The molecule has 0 saturated heterocycles. The maximum absolute atomic E-state index is 11.1. The van der Waals surface area contributed by atoms with Crippen LogP contribution in [0.1, 0.15) is 64.2 Å². The highest BCUT2D eigenvalue weighted by Crippen LogP contribution is 2.61. The molecule has 2 aromatic rings. The van der Waals surface area contributed by atoms with Crippen LogP contribution < -0.4 is 4.74 Å². The van der Waals surface area contributed by atoms with E-state index in [9.17, 15) is 4.79 Å². The van der Waals surface area contributed by atoms with Gasteiger partial charge in [-0.15, -0.1) is 11.3 Å². The second kappa shape index (κ2) is 6.67. The molecule has 0 amide bonds. The van der Waals surface area contributed by atoms with E-state index in [-0.39, 0.29) is 5.41 Å². The van der Waals surface area contributed by atoms with Crippen LogP contribution in [-0.2, 0) is 5.41 Å². The highest BCUT2D eigenvalue weighted by molar-refractivity contribution is 7.14. The van der Waals surface area contributed by atoms with E-state index in [1.165, 1.54) is 55.4 Å². The molecule has 1 aromatic heterocycles. The van der Waals surface area contributed by atoms with Crippen molar-refractivity contribution in [2.24, 2.45) is 17.8 Å². The van der Waals surface area contributed by atoms with E-state index in [1.54, 1.807) is 19.2 Å². The number of ether oxygens (including phenoxy) is 1. The Hall–Kier alpha value is -2.25. The van der Waals surface area contributed by atoms with Crippen LogP contribution in [0.3, 0.4) is 0 Å². The van der Waals surface area contributed by atoms with Gasteiger partial charge in [-0.1, -0.05) is 11.8 Å². The summed E-state index contributed by atoms with van der Waals surface area (Å²) in [6, 6.07) is 9.72. The molecule has 6 rings (SSSR count).